The third-order valence-corrected chi connectivity index (χ3v) is 4.29. The fourth-order valence-electron chi connectivity index (χ4n) is 2.59. The summed E-state index contributed by atoms with van der Waals surface area (Å²) in [5, 5.41) is 6.52. The Morgan fingerprint density at radius 3 is 2.34 bits per heavy atom. The van der Waals surface area contributed by atoms with Gasteiger partial charge in [0.1, 0.15) is 5.75 Å². The number of hydrogen-bond donors (Lipinski definition) is 2. The van der Waals surface area contributed by atoms with Crippen LogP contribution in [0.3, 0.4) is 0 Å². The predicted octanol–water partition coefficient (Wildman–Crippen LogP) is 2.35. The number of hydrazone groups is 1. The number of benzene rings is 2. The van der Waals surface area contributed by atoms with E-state index in [9.17, 15) is 9.59 Å². The first kappa shape index (κ1) is 21.9. The highest BCUT2D eigenvalue weighted by Crippen LogP contribution is 2.13. The van der Waals surface area contributed by atoms with Crippen LogP contribution in [-0.2, 0) is 16.0 Å². The molecular weight excluding hydrogens is 368 g/mol. The molecule has 0 spiro atoms. The summed E-state index contributed by atoms with van der Waals surface area (Å²) in [5.74, 6) is 0.289. The van der Waals surface area contributed by atoms with E-state index in [-0.39, 0.29) is 18.4 Å². The van der Waals surface area contributed by atoms with Crippen LogP contribution >= 0.6 is 0 Å². The van der Waals surface area contributed by atoms with Crippen LogP contribution in [0.25, 0.3) is 0 Å². The number of rotatable bonds is 10. The van der Waals surface area contributed by atoms with Crippen LogP contribution in [0, 0.1) is 0 Å². The molecule has 2 aromatic rings. The molecule has 0 aliphatic heterocycles. The zero-order chi connectivity index (χ0) is 21.1. The van der Waals surface area contributed by atoms with Crippen molar-refractivity contribution in [3.05, 3.63) is 59.7 Å². The second-order valence-electron chi connectivity index (χ2n) is 6.76. The molecule has 7 nitrogen and oxygen atoms in total. The second-order valence-corrected chi connectivity index (χ2v) is 6.76. The Labute approximate surface area is 171 Å². The van der Waals surface area contributed by atoms with Gasteiger partial charge in [-0.1, -0.05) is 24.3 Å². The first-order chi connectivity index (χ1) is 14.0. The molecule has 0 unspecified atom stereocenters. The number of methoxy groups -OCH3 is 1. The highest BCUT2D eigenvalue weighted by atomic mass is 16.5. The van der Waals surface area contributed by atoms with Crippen LogP contribution in [0.2, 0.25) is 0 Å². The minimum Gasteiger partial charge on any atom is -0.497 e. The molecule has 154 valence electrons. The van der Waals surface area contributed by atoms with Crippen LogP contribution < -0.4 is 20.4 Å². The smallest absolute Gasteiger partial charge is 0.259 e. The second kappa shape index (κ2) is 11.5. The quantitative estimate of drug-likeness (QED) is 0.477. The molecule has 0 radical (unpaired) electrons. The van der Waals surface area contributed by atoms with Gasteiger partial charge < -0.3 is 15.0 Å². The summed E-state index contributed by atoms with van der Waals surface area (Å²) in [4.78, 5) is 25.6. The number of aryl methyl sites for hydroxylation is 1. The molecule has 0 fully saturated rings. The number of carbonyl (C=O) groups excluding carboxylic acids is 2. The molecule has 2 aromatic carbocycles. The van der Waals surface area contributed by atoms with Gasteiger partial charge in [0.25, 0.3) is 5.91 Å². The lowest BCUT2D eigenvalue weighted by molar-refractivity contribution is -0.126. The number of anilines is 1. The van der Waals surface area contributed by atoms with Gasteiger partial charge in [0.2, 0.25) is 5.91 Å². The van der Waals surface area contributed by atoms with Gasteiger partial charge in [0.15, 0.2) is 0 Å². The zero-order valence-electron chi connectivity index (χ0n) is 17.1. The molecule has 0 bridgehead atoms. The van der Waals surface area contributed by atoms with Gasteiger partial charge in [-0.05, 0) is 48.2 Å². The van der Waals surface area contributed by atoms with Gasteiger partial charge in [-0.15, -0.1) is 0 Å². The van der Waals surface area contributed by atoms with Crippen LogP contribution in [0.4, 0.5) is 5.69 Å². The van der Waals surface area contributed by atoms with Crippen LogP contribution in [0.15, 0.2) is 53.6 Å². The van der Waals surface area contributed by atoms with Crippen LogP contribution in [-0.4, -0.2) is 45.8 Å². The van der Waals surface area contributed by atoms with Crippen molar-refractivity contribution in [2.45, 2.75) is 19.3 Å². The topological polar surface area (TPSA) is 83.0 Å². The summed E-state index contributed by atoms with van der Waals surface area (Å²) in [6, 6.07) is 15.5. The molecule has 2 amide bonds. The molecule has 0 aliphatic carbocycles. The predicted molar refractivity (Wildman–Crippen MR) is 115 cm³/mol. The first-order valence-corrected chi connectivity index (χ1v) is 9.47. The lowest BCUT2D eigenvalue weighted by Gasteiger charge is -2.11. The normalized spacial score (nSPS) is 10.6. The van der Waals surface area contributed by atoms with E-state index in [4.69, 9.17) is 4.74 Å². The van der Waals surface area contributed by atoms with E-state index in [1.54, 1.807) is 13.3 Å². The van der Waals surface area contributed by atoms with E-state index in [2.05, 4.69) is 15.8 Å². The molecule has 7 heteroatoms. The van der Waals surface area contributed by atoms with Crippen molar-refractivity contribution >= 4 is 23.7 Å². The number of nitrogens with zero attached hydrogens (tertiary/aromatic N) is 2. The first-order valence-electron chi connectivity index (χ1n) is 9.47. The number of hydrogen-bond acceptors (Lipinski definition) is 5. The maximum atomic E-state index is 11.9. The van der Waals surface area contributed by atoms with Crippen molar-refractivity contribution in [2.24, 2.45) is 5.10 Å². The average molecular weight is 396 g/mol. The number of carbonyl (C=O) groups is 2. The number of amides is 2. The van der Waals surface area contributed by atoms with Crippen LogP contribution in [0.1, 0.15) is 24.0 Å². The summed E-state index contributed by atoms with van der Waals surface area (Å²) >= 11 is 0. The third kappa shape index (κ3) is 8.04. The van der Waals surface area contributed by atoms with Gasteiger partial charge in [-0.2, -0.15) is 5.10 Å². The minimum atomic E-state index is -0.366. The van der Waals surface area contributed by atoms with Crippen molar-refractivity contribution < 1.29 is 14.3 Å². The number of nitrogens with one attached hydrogen (secondary N) is 2. The van der Waals surface area contributed by atoms with E-state index in [0.29, 0.717) is 12.8 Å². The average Bonchev–Trinajstić information content (AvgIpc) is 2.73. The molecular formula is C22H28N4O3. The molecule has 2 rings (SSSR count). The molecule has 2 N–H and O–H groups in total. The minimum absolute atomic E-state index is 0.0989. The zero-order valence-corrected chi connectivity index (χ0v) is 17.1. The highest BCUT2D eigenvalue weighted by molar-refractivity contribution is 5.86. The maximum Gasteiger partial charge on any atom is 0.259 e. The maximum absolute atomic E-state index is 11.9. The molecule has 29 heavy (non-hydrogen) atoms. The molecule has 0 saturated carbocycles. The summed E-state index contributed by atoms with van der Waals surface area (Å²) in [6.07, 6.45) is 3.43. The van der Waals surface area contributed by atoms with Crippen molar-refractivity contribution in [1.29, 1.82) is 0 Å². The summed E-state index contributed by atoms with van der Waals surface area (Å²) in [6.45, 7) is -0.0989. The van der Waals surface area contributed by atoms with Crippen molar-refractivity contribution in [3.63, 3.8) is 0 Å². The molecule has 0 aliphatic rings. The molecule has 0 atom stereocenters. The summed E-state index contributed by atoms with van der Waals surface area (Å²) in [7, 11) is 5.57. The van der Waals surface area contributed by atoms with Gasteiger partial charge in [0.05, 0.1) is 19.9 Å². The van der Waals surface area contributed by atoms with Gasteiger partial charge >= 0.3 is 0 Å². The standard InChI is InChI=1S/C22H28N4O3/c1-26(2)19-11-7-18(8-12-19)15-24-25-22(28)16-23-21(27)6-4-5-17-9-13-20(29-3)14-10-17/h7-15H,4-6,16H2,1-3H3,(H,23,27)(H,25,28)/b24-15-. The van der Waals surface area contributed by atoms with Crippen LogP contribution in [0.5, 0.6) is 5.75 Å². The van der Waals surface area contributed by atoms with Gasteiger partial charge in [-0.3, -0.25) is 9.59 Å². The fourth-order valence-corrected chi connectivity index (χ4v) is 2.59. The Hall–Kier alpha value is -3.35. The van der Waals surface area contributed by atoms with Crippen molar-refractivity contribution in [2.75, 3.05) is 32.6 Å². The Morgan fingerprint density at radius 2 is 1.72 bits per heavy atom. The van der Waals surface area contributed by atoms with E-state index in [1.165, 1.54) is 0 Å². The lowest BCUT2D eigenvalue weighted by Crippen LogP contribution is -2.34. The van der Waals surface area contributed by atoms with E-state index < -0.39 is 0 Å². The van der Waals surface area contributed by atoms with E-state index in [0.717, 1.165) is 29.0 Å². The largest absolute Gasteiger partial charge is 0.497 e. The highest BCUT2D eigenvalue weighted by Gasteiger charge is 2.05. The van der Waals surface area contributed by atoms with Crippen molar-refractivity contribution in [1.82, 2.24) is 10.7 Å². The Morgan fingerprint density at radius 1 is 1.03 bits per heavy atom. The number of ether oxygens (including phenoxy) is 1. The molecule has 0 aromatic heterocycles. The SMILES string of the molecule is COc1ccc(CCCC(=O)NCC(=O)N/N=C\c2ccc(N(C)C)cc2)cc1. The summed E-state index contributed by atoms with van der Waals surface area (Å²) in [5.41, 5.74) is 5.51. The molecule has 0 heterocycles. The van der Waals surface area contributed by atoms with Gasteiger partial charge in [0, 0.05) is 26.2 Å². The summed E-state index contributed by atoms with van der Waals surface area (Å²) < 4.78 is 5.12. The Bertz CT molecular complexity index is 815. The third-order valence-electron chi connectivity index (χ3n) is 4.29. The Kier molecular flexibility index (Phi) is 8.69. The molecule has 0 saturated heterocycles. The van der Waals surface area contributed by atoms with E-state index in [1.807, 2.05) is 67.5 Å². The Balaban J connectivity index is 1.62. The fraction of sp³-hybridized carbons (Fsp3) is 0.318. The van der Waals surface area contributed by atoms with E-state index >= 15 is 0 Å². The van der Waals surface area contributed by atoms with Gasteiger partial charge in [-0.25, -0.2) is 5.43 Å². The monoisotopic (exact) mass is 396 g/mol. The lowest BCUT2D eigenvalue weighted by atomic mass is 10.1. The van der Waals surface area contributed by atoms with Crippen molar-refractivity contribution in [3.8, 4) is 5.75 Å².